The predicted molar refractivity (Wildman–Crippen MR) is 161 cm³/mol. The second-order valence-electron chi connectivity index (χ2n) is 16.9. The molecule has 3 unspecified atom stereocenters. The van der Waals surface area contributed by atoms with Crippen molar-refractivity contribution in [2.24, 2.45) is 56.7 Å². The number of Topliss-reactive ketones (excluding diaryl/α,β-unsaturated/α-hetero) is 1. The number of nitrogens with one attached hydrogen (secondary N) is 1. The van der Waals surface area contributed by atoms with E-state index in [9.17, 15) is 14.4 Å². The van der Waals surface area contributed by atoms with Crippen molar-refractivity contribution in [2.75, 3.05) is 6.54 Å². The van der Waals surface area contributed by atoms with Crippen LogP contribution in [0.15, 0.2) is 11.1 Å². The highest BCUT2D eigenvalue weighted by Gasteiger charge is 2.71. The summed E-state index contributed by atoms with van der Waals surface area (Å²) in [6.07, 6.45) is 11.2. The van der Waals surface area contributed by atoms with Gasteiger partial charge >= 0.3 is 5.97 Å². The van der Waals surface area contributed by atoms with E-state index in [1.807, 2.05) is 0 Å². The standard InChI is InChI=1S/C36H55NO4/c1-21(2)29-25(39)19-36(31(40)37-20-23-9-10-23)18-17-34(7)24(30(29)36)11-12-27-33(6)15-14-28(41-22(3)38)32(4,5)26(33)13-16-35(27,34)8/h21,23-24,26-28H,9-20H2,1-8H3,(H,37,40)/t24?,26?,27?,28-,33-,34+,35+,36+/m0/s1. The fraction of sp³-hybridized carbons (Fsp3) is 0.861. The summed E-state index contributed by atoms with van der Waals surface area (Å²) in [4.78, 5) is 39.8. The number of allylic oxidation sites excluding steroid dienone is 1. The van der Waals surface area contributed by atoms with Gasteiger partial charge in [0.25, 0.3) is 0 Å². The number of fused-ring (bicyclic) bond motifs is 7. The Labute approximate surface area is 248 Å². The molecule has 0 spiro atoms. The zero-order chi connectivity index (χ0) is 29.8. The zero-order valence-corrected chi connectivity index (χ0v) is 27.1. The van der Waals surface area contributed by atoms with Crippen LogP contribution in [0.4, 0.5) is 0 Å². The number of hydrogen-bond acceptors (Lipinski definition) is 4. The number of rotatable bonds is 5. The van der Waals surface area contributed by atoms with Gasteiger partial charge in [-0.05, 0) is 121 Å². The molecule has 228 valence electrons. The van der Waals surface area contributed by atoms with Crippen molar-refractivity contribution in [1.82, 2.24) is 5.32 Å². The van der Waals surface area contributed by atoms with Gasteiger partial charge in [-0.1, -0.05) is 48.5 Å². The predicted octanol–water partition coefficient (Wildman–Crippen LogP) is 7.43. The van der Waals surface area contributed by atoms with E-state index in [2.05, 4.69) is 53.8 Å². The highest BCUT2D eigenvalue weighted by Crippen LogP contribution is 2.76. The number of carbonyl (C=O) groups is 3. The lowest BCUT2D eigenvalue weighted by Gasteiger charge is -2.72. The van der Waals surface area contributed by atoms with Crippen molar-refractivity contribution < 1.29 is 19.1 Å². The molecule has 6 aliphatic carbocycles. The number of ketones is 1. The van der Waals surface area contributed by atoms with Gasteiger partial charge in [0.05, 0.1) is 5.41 Å². The summed E-state index contributed by atoms with van der Waals surface area (Å²) >= 11 is 0. The number of hydrogen-bond donors (Lipinski definition) is 1. The lowest BCUT2D eigenvalue weighted by atomic mass is 9.33. The minimum atomic E-state index is -0.635. The third kappa shape index (κ3) is 4.01. The van der Waals surface area contributed by atoms with E-state index in [1.165, 1.54) is 24.8 Å². The number of carbonyl (C=O) groups excluding carboxylic acids is 3. The van der Waals surface area contributed by atoms with Gasteiger partial charge in [0.15, 0.2) is 5.78 Å². The second-order valence-corrected chi connectivity index (χ2v) is 16.9. The summed E-state index contributed by atoms with van der Waals surface area (Å²) in [5, 5.41) is 3.34. The van der Waals surface area contributed by atoms with E-state index >= 15 is 0 Å². The molecule has 1 N–H and O–H groups in total. The molecule has 8 atom stereocenters. The first-order valence-electron chi connectivity index (χ1n) is 16.8. The van der Waals surface area contributed by atoms with Gasteiger partial charge in [-0.25, -0.2) is 0 Å². The first kappa shape index (κ1) is 29.4. The monoisotopic (exact) mass is 565 g/mol. The molecule has 0 saturated heterocycles. The molecule has 0 aliphatic heterocycles. The van der Waals surface area contributed by atoms with Crippen LogP contribution in [0, 0.1) is 56.7 Å². The molecule has 0 heterocycles. The zero-order valence-electron chi connectivity index (χ0n) is 27.1. The fourth-order valence-corrected chi connectivity index (χ4v) is 12.0. The normalized spacial score (nSPS) is 45.0. The van der Waals surface area contributed by atoms with Gasteiger partial charge in [-0.15, -0.1) is 0 Å². The molecule has 5 nitrogen and oxygen atoms in total. The molecule has 0 bridgehead atoms. The molecular formula is C36H55NO4. The molecule has 0 radical (unpaired) electrons. The lowest BCUT2D eigenvalue weighted by molar-refractivity contribution is -0.232. The summed E-state index contributed by atoms with van der Waals surface area (Å²) in [5.74, 6) is 2.38. The molecule has 6 aliphatic rings. The minimum Gasteiger partial charge on any atom is -0.462 e. The molecule has 5 heteroatoms. The summed E-state index contributed by atoms with van der Waals surface area (Å²) in [7, 11) is 0. The van der Waals surface area contributed by atoms with Crippen molar-refractivity contribution in [3.63, 3.8) is 0 Å². The molecule has 6 rings (SSSR count). The van der Waals surface area contributed by atoms with Gasteiger partial charge in [0.1, 0.15) is 6.10 Å². The molecule has 0 aromatic heterocycles. The van der Waals surface area contributed by atoms with Crippen LogP contribution in [0.25, 0.3) is 0 Å². The van der Waals surface area contributed by atoms with Crippen molar-refractivity contribution >= 4 is 17.7 Å². The van der Waals surface area contributed by atoms with Crippen LogP contribution < -0.4 is 5.32 Å². The van der Waals surface area contributed by atoms with E-state index in [1.54, 1.807) is 6.92 Å². The first-order valence-corrected chi connectivity index (χ1v) is 16.8. The number of ether oxygens (including phenoxy) is 1. The molecule has 0 aromatic rings. The smallest absolute Gasteiger partial charge is 0.302 e. The maximum atomic E-state index is 14.1. The van der Waals surface area contributed by atoms with Crippen LogP contribution in [0.5, 0.6) is 0 Å². The largest absolute Gasteiger partial charge is 0.462 e. The van der Waals surface area contributed by atoms with Crippen LogP contribution in [-0.4, -0.2) is 30.3 Å². The van der Waals surface area contributed by atoms with Crippen molar-refractivity contribution in [1.29, 1.82) is 0 Å². The summed E-state index contributed by atoms with van der Waals surface area (Å²) in [6, 6.07) is 0. The summed E-state index contributed by atoms with van der Waals surface area (Å²) in [5.41, 5.74) is 1.95. The van der Waals surface area contributed by atoms with E-state index in [4.69, 9.17) is 4.74 Å². The highest BCUT2D eigenvalue weighted by molar-refractivity contribution is 6.06. The average Bonchev–Trinajstić information content (AvgIpc) is 3.65. The SMILES string of the molecule is CC(=O)O[C@H]1CC[C@@]2(C)C(CC[C@]3(C)C2CCC2C4=C(C(C)C)C(=O)C[C@]4(C(=O)NCC4CC4)CC[C@]23C)C1(C)C. The minimum absolute atomic E-state index is 0.0120. The Balaban J connectivity index is 1.37. The van der Waals surface area contributed by atoms with Crippen LogP contribution in [-0.2, 0) is 19.1 Å². The molecule has 5 saturated carbocycles. The summed E-state index contributed by atoms with van der Waals surface area (Å²) < 4.78 is 5.92. The lowest BCUT2D eigenvalue weighted by Crippen LogP contribution is -2.66. The topological polar surface area (TPSA) is 72.5 Å². The molecule has 41 heavy (non-hydrogen) atoms. The van der Waals surface area contributed by atoms with E-state index in [-0.39, 0.29) is 51.3 Å². The van der Waals surface area contributed by atoms with Crippen LogP contribution >= 0.6 is 0 Å². The quantitative estimate of drug-likeness (QED) is 0.352. The van der Waals surface area contributed by atoms with Gasteiger partial charge in [0.2, 0.25) is 5.91 Å². The maximum absolute atomic E-state index is 14.1. The first-order chi connectivity index (χ1) is 19.1. The Bertz CT molecular complexity index is 1180. The molecule has 5 fully saturated rings. The van der Waals surface area contributed by atoms with Gasteiger partial charge < -0.3 is 10.1 Å². The van der Waals surface area contributed by atoms with Crippen molar-refractivity contribution in [3.8, 4) is 0 Å². The Morgan fingerprint density at radius 3 is 2.22 bits per heavy atom. The summed E-state index contributed by atoms with van der Waals surface area (Å²) in [6.45, 7) is 19.0. The maximum Gasteiger partial charge on any atom is 0.302 e. The Hall–Kier alpha value is -1.65. The van der Waals surface area contributed by atoms with Crippen molar-refractivity contribution in [2.45, 2.75) is 132 Å². The Kier molecular flexibility index (Phi) is 6.76. The van der Waals surface area contributed by atoms with Crippen LogP contribution in [0.3, 0.4) is 0 Å². The number of amides is 1. The van der Waals surface area contributed by atoms with E-state index < -0.39 is 5.41 Å². The van der Waals surface area contributed by atoms with Crippen molar-refractivity contribution in [3.05, 3.63) is 11.1 Å². The second kappa shape index (κ2) is 9.42. The van der Waals surface area contributed by atoms with E-state index in [0.29, 0.717) is 30.1 Å². The van der Waals surface area contributed by atoms with Gasteiger partial charge in [-0.3, -0.25) is 14.4 Å². The molecular weight excluding hydrogens is 510 g/mol. The Morgan fingerprint density at radius 2 is 1.59 bits per heavy atom. The molecule has 0 aromatic carbocycles. The third-order valence-electron chi connectivity index (χ3n) is 14.4. The van der Waals surface area contributed by atoms with Gasteiger partial charge in [-0.2, -0.15) is 0 Å². The Morgan fingerprint density at radius 1 is 0.878 bits per heavy atom. The third-order valence-corrected chi connectivity index (χ3v) is 14.4. The number of esters is 1. The molecule has 1 amide bonds. The van der Waals surface area contributed by atoms with E-state index in [0.717, 1.165) is 57.1 Å². The van der Waals surface area contributed by atoms with Gasteiger partial charge in [0, 0.05) is 25.3 Å². The highest BCUT2D eigenvalue weighted by atomic mass is 16.5. The fourth-order valence-electron chi connectivity index (χ4n) is 12.0. The average molecular weight is 566 g/mol. The van der Waals surface area contributed by atoms with Crippen LogP contribution in [0.1, 0.15) is 126 Å². The van der Waals surface area contributed by atoms with Crippen LogP contribution in [0.2, 0.25) is 0 Å².